The highest BCUT2D eigenvalue weighted by molar-refractivity contribution is 7.92. The Labute approximate surface area is 202 Å². The average Bonchev–Trinajstić information content (AvgIpc) is 2.87. The van der Waals surface area contributed by atoms with Crippen molar-refractivity contribution >= 4 is 21.6 Å². The molecular formula is C27H32N2O4S. The van der Waals surface area contributed by atoms with Crippen molar-refractivity contribution in [3.63, 3.8) is 0 Å². The Balaban J connectivity index is 1.79. The maximum absolute atomic E-state index is 13.4. The second kappa shape index (κ2) is 12.3. The summed E-state index contributed by atoms with van der Waals surface area (Å²) in [6.07, 6.45) is 1.66. The first-order valence-corrected chi connectivity index (χ1v) is 12.9. The van der Waals surface area contributed by atoms with Crippen molar-refractivity contribution in [3.05, 3.63) is 96.1 Å². The summed E-state index contributed by atoms with van der Waals surface area (Å²) in [5.41, 5.74) is 2.15. The molecule has 0 bridgehead atoms. The van der Waals surface area contributed by atoms with Crippen molar-refractivity contribution < 1.29 is 17.9 Å². The minimum atomic E-state index is -3.82. The molecule has 180 valence electrons. The first kappa shape index (κ1) is 25.5. The lowest BCUT2D eigenvalue weighted by Crippen LogP contribution is -2.35. The van der Waals surface area contributed by atoms with E-state index in [4.69, 9.17) is 4.74 Å². The van der Waals surface area contributed by atoms with Gasteiger partial charge in [0.25, 0.3) is 15.9 Å². The lowest BCUT2D eigenvalue weighted by molar-refractivity contribution is 0.0693. The summed E-state index contributed by atoms with van der Waals surface area (Å²) in [6.45, 7) is 3.47. The van der Waals surface area contributed by atoms with E-state index in [9.17, 15) is 13.2 Å². The third kappa shape index (κ3) is 6.46. The number of nitrogens with zero attached hydrogens (tertiary/aromatic N) is 2. The van der Waals surface area contributed by atoms with E-state index in [1.807, 2.05) is 24.3 Å². The molecular weight excluding hydrogens is 448 g/mol. The smallest absolute Gasteiger partial charge is 0.264 e. The fraction of sp³-hybridized carbons (Fsp3) is 0.296. The zero-order chi connectivity index (χ0) is 24.4. The largest absolute Gasteiger partial charge is 0.383 e. The second-order valence-corrected chi connectivity index (χ2v) is 9.77. The molecule has 0 N–H and O–H groups in total. The van der Waals surface area contributed by atoms with Gasteiger partial charge in [-0.2, -0.15) is 0 Å². The number of hydrogen-bond donors (Lipinski definition) is 0. The van der Waals surface area contributed by atoms with Gasteiger partial charge in [0, 0.05) is 32.3 Å². The summed E-state index contributed by atoms with van der Waals surface area (Å²) in [4.78, 5) is 15.2. The first-order chi connectivity index (χ1) is 16.5. The van der Waals surface area contributed by atoms with Gasteiger partial charge in [0.1, 0.15) is 0 Å². The first-order valence-electron chi connectivity index (χ1n) is 11.5. The van der Waals surface area contributed by atoms with Crippen LogP contribution in [0.1, 0.15) is 29.3 Å². The molecule has 0 radical (unpaired) electrons. The molecule has 3 aromatic carbocycles. The van der Waals surface area contributed by atoms with E-state index < -0.39 is 10.0 Å². The maximum atomic E-state index is 13.4. The van der Waals surface area contributed by atoms with E-state index in [0.717, 1.165) is 12.8 Å². The minimum absolute atomic E-state index is 0.0973. The van der Waals surface area contributed by atoms with Gasteiger partial charge >= 0.3 is 0 Å². The van der Waals surface area contributed by atoms with Crippen molar-refractivity contribution in [1.29, 1.82) is 0 Å². The maximum Gasteiger partial charge on any atom is 0.264 e. The predicted octanol–water partition coefficient (Wildman–Crippen LogP) is 4.62. The Kier molecular flexibility index (Phi) is 9.24. The number of ether oxygens (including phenoxy) is 1. The van der Waals surface area contributed by atoms with Crippen molar-refractivity contribution in [2.24, 2.45) is 0 Å². The Morgan fingerprint density at radius 3 is 2.21 bits per heavy atom. The Morgan fingerprint density at radius 1 is 0.882 bits per heavy atom. The number of aryl methyl sites for hydroxylation is 1. The van der Waals surface area contributed by atoms with Crippen LogP contribution in [-0.4, -0.2) is 52.6 Å². The van der Waals surface area contributed by atoms with Crippen LogP contribution in [0.3, 0.4) is 0 Å². The minimum Gasteiger partial charge on any atom is -0.383 e. The Morgan fingerprint density at radius 2 is 1.56 bits per heavy atom. The van der Waals surface area contributed by atoms with Crippen LogP contribution in [0.2, 0.25) is 0 Å². The predicted molar refractivity (Wildman–Crippen MR) is 136 cm³/mol. The van der Waals surface area contributed by atoms with Crippen molar-refractivity contribution in [2.45, 2.75) is 24.7 Å². The summed E-state index contributed by atoms with van der Waals surface area (Å²) in [5, 5.41) is 0. The molecule has 0 atom stereocenters. The monoisotopic (exact) mass is 480 g/mol. The van der Waals surface area contributed by atoms with E-state index in [1.54, 1.807) is 55.3 Å². The topological polar surface area (TPSA) is 66.9 Å². The summed E-state index contributed by atoms with van der Waals surface area (Å²) in [6, 6.07) is 25.4. The summed E-state index contributed by atoms with van der Waals surface area (Å²) in [7, 11) is -2.22. The van der Waals surface area contributed by atoms with Crippen LogP contribution in [0, 0.1) is 0 Å². The van der Waals surface area contributed by atoms with Crippen LogP contribution in [-0.2, 0) is 21.2 Å². The normalized spacial score (nSPS) is 11.2. The van der Waals surface area contributed by atoms with E-state index in [0.29, 0.717) is 30.9 Å². The number of carbonyl (C=O) groups excluding carboxylic acids is 1. The third-order valence-electron chi connectivity index (χ3n) is 5.59. The number of rotatable bonds is 12. The van der Waals surface area contributed by atoms with Crippen LogP contribution in [0.15, 0.2) is 89.8 Å². The van der Waals surface area contributed by atoms with Gasteiger partial charge in [0.2, 0.25) is 0 Å². The molecule has 1 amide bonds. The molecule has 0 fully saturated rings. The van der Waals surface area contributed by atoms with Crippen LogP contribution < -0.4 is 4.31 Å². The van der Waals surface area contributed by atoms with Crippen molar-refractivity contribution in [2.75, 3.05) is 37.7 Å². The van der Waals surface area contributed by atoms with Gasteiger partial charge in [-0.3, -0.25) is 9.10 Å². The molecule has 0 aliphatic carbocycles. The molecule has 3 aromatic rings. The summed E-state index contributed by atoms with van der Waals surface area (Å²) < 4.78 is 33.3. The molecule has 0 spiro atoms. The van der Waals surface area contributed by atoms with E-state index in [2.05, 4.69) is 12.1 Å². The molecule has 0 saturated heterocycles. The molecule has 0 heterocycles. The molecule has 0 aliphatic rings. The van der Waals surface area contributed by atoms with Gasteiger partial charge in [-0.15, -0.1) is 0 Å². The Hall–Kier alpha value is -3.16. The number of sulfonamides is 1. The van der Waals surface area contributed by atoms with Gasteiger partial charge < -0.3 is 9.64 Å². The van der Waals surface area contributed by atoms with Crippen LogP contribution in [0.4, 0.5) is 5.69 Å². The molecule has 0 saturated carbocycles. The van der Waals surface area contributed by atoms with Crippen LogP contribution in [0.25, 0.3) is 0 Å². The lowest BCUT2D eigenvalue weighted by atomic mass is 10.1. The van der Waals surface area contributed by atoms with Crippen LogP contribution in [0.5, 0.6) is 0 Å². The third-order valence-corrected chi connectivity index (χ3v) is 7.49. The molecule has 0 aliphatic heterocycles. The van der Waals surface area contributed by atoms with E-state index >= 15 is 0 Å². The molecule has 0 unspecified atom stereocenters. The number of methoxy groups -OCH3 is 1. The fourth-order valence-corrected chi connectivity index (χ4v) is 5.34. The highest BCUT2D eigenvalue weighted by atomic mass is 32.2. The zero-order valence-electron chi connectivity index (χ0n) is 19.8. The molecule has 34 heavy (non-hydrogen) atoms. The number of benzene rings is 3. The van der Waals surface area contributed by atoms with Gasteiger partial charge in [-0.05, 0) is 55.7 Å². The standard InChI is InChI=1S/C27H32N2O4S/c1-3-29(25-16-8-5-9-17-25)34(31,32)26-18-10-15-24(22-26)27(30)28(20-21-33-2)19-11-14-23-12-6-4-7-13-23/h4-10,12-13,15-18,22H,3,11,14,19-21H2,1-2H3. The number of para-hydroxylation sites is 1. The quantitative estimate of drug-likeness (QED) is 0.379. The highest BCUT2D eigenvalue weighted by Gasteiger charge is 2.25. The second-order valence-electron chi connectivity index (χ2n) is 7.91. The van der Waals surface area contributed by atoms with Gasteiger partial charge in [0.05, 0.1) is 17.2 Å². The van der Waals surface area contributed by atoms with Crippen molar-refractivity contribution in [1.82, 2.24) is 4.90 Å². The van der Waals surface area contributed by atoms with E-state index in [1.165, 1.54) is 22.0 Å². The fourth-order valence-electron chi connectivity index (χ4n) is 3.82. The average molecular weight is 481 g/mol. The van der Waals surface area contributed by atoms with Crippen LogP contribution >= 0.6 is 0 Å². The SMILES string of the molecule is CCN(c1ccccc1)S(=O)(=O)c1cccc(C(=O)N(CCCc2ccccc2)CCOC)c1. The number of amides is 1. The number of hydrogen-bond acceptors (Lipinski definition) is 4. The number of anilines is 1. The van der Waals surface area contributed by atoms with Gasteiger partial charge in [0.15, 0.2) is 0 Å². The summed E-state index contributed by atoms with van der Waals surface area (Å²) >= 11 is 0. The molecule has 3 rings (SSSR count). The molecule has 0 aromatic heterocycles. The molecule has 6 nitrogen and oxygen atoms in total. The van der Waals surface area contributed by atoms with Gasteiger partial charge in [-0.25, -0.2) is 8.42 Å². The molecule has 7 heteroatoms. The summed E-state index contributed by atoms with van der Waals surface area (Å²) in [5.74, 6) is -0.204. The lowest BCUT2D eigenvalue weighted by Gasteiger charge is -2.24. The zero-order valence-corrected chi connectivity index (χ0v) is 20.6. The van der Waals surface area contributed by atoms with Gasteiger partial charge in [-0.1, -0.05) is 54.6 Å². The van der Waals surface area contributed by atoms with E-state index in [-0.39, 0.29) is 17.3 Å². The Bertz CT molecular complexity index is 1150. The number of carbonyl (C=O) groups is 1. The van der Waals surface area contributed by atoms with Crippen molar-refractivity contribution in [3.8, 4) is 0 Å². The highest BCUT2D eigenvalue weighted by Crippen LogP contribution is 2.24.